The number of nitrogens with one attached hydrogen (secondary N) is 1. The number of likely N-dealkylation sites (tertiary alicyclic amines) is 1. The van der Waals surface area contributed by atoms with Gasteiger partial charge in [0.1, 0.15) is 0 Å². The highest BCUT2D eigenvalue weighted by molar-refractivity contribution is 5.75. The van der Waals surface area contributed by atoms with Gasteiger partial charge in [-0.1, -0.05) is 43.7 Å². The average Bonchev–Trinajstić information content (AvgIpc) is 2.53. The molecule has 1 aromatic carbocycles. The molecule has 0 aliphatic carbocycles. The van der Waals surface area contributed by atoms with Gasteiger partial charge in [0.25, 0.3) is 0 Å². The van der Waals surface area contributed by atoms with Crippen LogP contribution >= 0.6 is 0 Å². The van der Waals surface area contributed by atoms with Crippen molar-refractivity contribution in [2.24, 2.45) is 0 Å². The van der Waals surface area contributed by atoms with Gasteiger partial charge in [0.05, 0.1) is 0 Å². The fraction of sp³-hybridized carbons (Fsp3) is 0.611. The summed E-state index contributed by atoms with van der Waals surface area (Å²) in [4.78, 5) is 14.3. The normalized spacial score (nSPS) is 17.4. The van der Waals surface area contributed by atoms with Crippen LogP contribution in [0.25, 0.3) is 0 Å². The lowest BCUT2D eigenvalue weighted by atomic mass is 10.0. The molecule has 1 amide bonds. The molecule has 1 saturated heterocycles. The van der Waals surface area contributed by atoms with Crippen LogP contribution in [0.2, 0.25) is 0 Å². The second kappa shape index (κ2) is 8.83. The van der Waals surface area contributed by atoms with E-state index in [1.54, 1.807) is 0 Å². The molecule has 1 N–H and O–H groups in total. The van der Waals surface area contributed by atoms with Crippen molar-refractivity contribution in [1.82, 2.24) is 10.2 Å². The van der Waals surface area contributed by atoms with Gasteiger partial charge in [0.2, 0.25) is 5.91 Å². The van der Waals surface area contributed by atoms with Gasteiger partial charge >= 0.3 is 0 Å². The van der Waals surface area contributed by atoms with Crippen molar-refractivity contribution in [3.63, 3.8) is 0 Å². The highest BCUT2D eigenvalue weighted by atomic mass is 16.1. The van der Waals surface area contributed by atoms with Crippen molar-refractivity contribution >= 4 is 5.91 Å². The molecule has 1 atom stereocenters. The second-order valence-electron chi connectivity index (χ2n) is 5.99. The summed E-state index contributed by atoms with van der Waals surface area (Å²) in [6.07, 6.45) is 6.49. The molecule has 1 aliphatic heterocycles. The highest BCUT2D eigenvalue weighted by Crippen LogP contribution is 2.15. The summed E-state index contributed by atoms with van der Waals surface area (Å²) in [5.41, 5.74) is 1.36. The van der Waals surface area contributed by atoms with Crippen LogP contribution in [-0.4, -0.2) is 36.5 Å². The Morgan fingerprint density at radius 2 is 1.90 bits per heavy atom. The minimum absolute atomic E-state index is 0.188. The Bertz CT molecular complexity index is 412. The Hall–Kier alpha value is -1.35. The summed E-state index contributed by atoms with van der Waals surface area (Å²) >= 11 is 0. The lowest BCUT2D eigenvalue weighted by Gasteiger charge is -2.35. The van der Waals surface area contributed by atoms with E-state index in [4.69, 9.17) is 0 Å². The van der Waals surface area contributed by atoms with E-state index in [9.17, 15) is 4.79 Å². The maximum atomic E-state index is 11.8. The van der Waals surface area contributed by atoms with Crippen molar-refractivity contribution in [3.8, 4) is 0 Å². The molecule has 0 saturated carbocycles. The lowest BCUT2D eigenvalue weighted by Crippen LogP contribution is -2.47. The van der Waals surface area contributed by atoms with Crippen molar-refractivity contribution in [3.05, 3.63) is 35.9 Å². The number of nitrogens with zero attached hydrogens (tertiary/aromatic N) is 1. The van der Waals surface area contributed by atoms with Crippen LogP contribution in [0.3, 0.4) is 0 Å². The number of benzene rings is 1. The zero-order valence-corrected chi connectivity index (χ0v) is 13.2. The number of hydrogen-bond acceptors (Lipinski definition) is 2. The molecule has 1 unspecified atom stereocenters. The number of hydrogen-bond donors (Lipinski definition) is 1. The maximum Gasteiger partial charge on any atom is 0.220 e. The fourth-order valence-corrected chi connectivity index (χ4v) is 3.05. The lowest BCUT2D eigenvalue weighted by molar-refractivity contribution is -0.121. The maximum absolute atomic E-state index is 11.8. The molecule has 1 heterocycles. The number of amides is 1. The molecule has 116 valence electrons. The first-order valence-electron chi connectivity index (χ1n) is 8.34. The van der Waals surface area contributed by atoms with Crippen molar-refractivity contribution in [2.75, 3.05) is 19.6 Å². The first-order chi connectivity index (χ1) is 10.3. The van der Waals surface area contributed by atoms with E-state index in [-0.39, 0.29) is 5.91 Å². The summed E-state index contributed by atoms with van der Waals surface area (Å²) < 4.78 is 0. The van der Waals surface area contributed by atoms with E-state index in [2.05, 4.69) is 40.5 Å². The van der Waals surface area contributed by atoms with Crippen molar-refractivity contribution in [2.45, 2.75) is 51.5 Å². The molecule has 2 rings (SSSR count). The Morgan fingerprint density at radius 3 is 2.57 bits per heavy atom. The van der Waals surface area contributed by atoms with E-state index < -0.39 is 0 Å². The van der Waals surface area contributed by atoms with Crippen LogP contribution in [0, 0.1) is 0 Å². The predicted molar refractivity (Wildman–Crippen MR) is 87.3 cm³/mol. The van der Waals surface area contributed by atoms with Crippen LogP contribution < -0.4 is 5.32 Å². The molecule has 3 heteroatoms. The van der Waals surface area contributed by atoms with Crippen LogP contribution in [-0.2, 0) is 11.2 Å². The van der Waals surface area contributed by atoms with Crippen LogP contribution in [0.4, 0.5) is 0 Å². The van der Waals surface area contributed by atoms with Crippen LogP contribution in [0.5, 0.6) is 0 Å². The molecule has 1 aromatic rings. The Balaban J connectivity index is 1.94. The summed E-state index contributed by atoms with van der Waals surface area (Å²) in [5, 5.41) is 3.12. The van der Waals surface area contributed by atoms with Gasteiger partial charge in [-0.2, -0.15) is 0 Å². The second-order valence-corrected chi connectivity index (χ2v) is 5.99. The number of piperidine rings is 1. The third kappa shape index (κ3) is 5.50. The van der Waals surface area contributed by atoms with Gasteiger partial charge in [-0.15, -0.1) is 0 Å². The smallest absolute Gasteiger partial charge is 0.220 e. The van der Waals surface area contributed by atoms with Gasteiger partial charge in [-0.05, 0) is 44.3 Å². The first-order valence-corrected chi connectivity index (χ1v) is 8.34. The molecule has 0 bridgehead atoms. The summed E-state index contributed by atoms with van der Waals surface area (Å²) in [6.45, 7) is 5.15. The molecule has 21 heavy (non-hydrogen) atoms. The SMILES string of the molecule is CCCC(=O)NCC(Cc1ccccc1)N1CCCCC1. The third-order valence-electron chi connectivity index (χ3n) is 4.23. The summed E-state index contributed by atoms with van der Waals surface area (Å²) in [6, 6.07) is 11.0. The Morgan fingerprint density at radius 1 is 1.19 bits per heavy atom. The molecule has 0 spiro atoms. The summed E-state index contributed by atoms with van der Waals surface area (Å²) in [7, 11) is 0. The molecular formula is C18H28N2O. The van der Waals surface area contributed by atoms with Gasteiger partial charge < -0.3 is 5.32 Å². The zero-order chi connectivity index (χ0) is 14.9. The van der Waals surface area contributed by atoms with E-state index in [1.165, 1.54) is 37.9 Å². The third-order valence-corrected chi connectivity index (χ3v) is 4.23. The number of carbonyl (C=O) groups is 1. The van der Waals surface area contributed by atoms with Gasteiger partial charge in [-0.3, -0.25) is 9.69 Å². The molecule has 0 radical (unpaired) electrons. The topological polar surface area (TPSA) is 32.3 Å². The standard InChI is InChI=1S/C18H28N2O/c1-2-9-18(21)19-15-17(20-12-7-4-8-13-20)14-16-10-5-3-6-11-16/h3,5-6,10-11,17H,2,4,7-9,12-15H2,1H3,(H,19,21). The zero-order valence-electron chi connectivity index (χ0n) is 13.2. The van der Waals surface area contributed by atoms with Gasteiger partial charge in [-0.25, -0.2) is 0 Å². The van der Waals surface area contributed by atoms with E-state index in [0.717, 1.165) is 19.4 Å². The van der Waals surface area contributed by atoms with Crippen LogP contribution in [0.15, 0.2) is 30.3 Å². The minimum atomic E-state index is 0.188. The first kappa shape index (κ1) is 16.0. The quantitative estimate of drug-likeness (QED) is 0.836. The van der Waals surface area contributed by atoms with Crippen molar-refractivity contribution in [1.29, 1.82) is 0 Å². The summed E-state index contributed by atoms with van der Waals surface area (Å²) in [5.74, 6) is 0.188. The molecule has 0 aromatic heterocycles. The minimum Gasteiger partial charge on any atom is -0.355 e. The molecular weight excluding hydrogens is 260 g/mol. The van der Waals surface area contributed by atoms with Crippen LogP contribution in [0.1, 0.15) is 44.6 Å². The fourth-order valence-electron chi connectivity index (χ4n) is 3.05. The number of carbonyl (C=O) groups excluding carboxylic acids is 1. The Labute approximate surface area is 128 Å². The van der Waals surface area contributed by atoms with Gasteiger partial charge in [0.15, 0.2) is 0 Å². The largest absolute Gasteiger partial charge is 0.355 e. The van der Waals surface area contributed by atoms with Gasteiger partial charge in [0, 0.05) is 19.0 Å². The monoisotopic (exact) mass is 288 g/mol. The number of rotatable bonds is 7. The molecule has 3 nitrogen and oxygen atoms in total. The Kier molecular flexibility index (Phi) is 6.74. The van der Waals surface area contributed by atoms with E-state index in [1.807, 2.05) is 6.92 Å². The predicted octanol–water partition coefficient (Wildman–Crippen LogP) is 3.00. The van der Waals surface area contributed by atoms with E-state index in [0.29, 0.717) is 12.5 Å². The highest BCUT2D eigenvalue weighted by Gasteiger charge is 2.21. The average molecular weight is 288 g/mol. The van der Waals surface area contributed by atoms with Crippen molar-refractivity contribution < 1.29 is 4.79 Å². The van der Waals surface area contributed by atoms with E-state index >= 15 is 0 Å². The molecule has 1 aliphatic rings. The molecule has 1 fully saturated rings.